The molecule has 0 bridgehead atoms. The van der Waals surface area contributed by atoms with E-state index in [0.29, 0.717) is 44.9 Å². The molecular weight excluding hydrogens is 449 g/mol. The summed E-state index contributed by atoms with van der Waals surface area (Å²) in [6.07, 6.45) is 3.27. The fraction of sp³-hybridized carbons (Fsp3) is 0. The van der Waals surface area contributed by atoms with Crippen molar-refractivity contribution < 1.29 is 13.2 Å². The van der Waals surface area contributed by atoms with Crippen LogP contribution in [-0.4, -0.2) is 15.0 Å². The molecule has 33 heavy (non-hydrogen) atoms. The summed E-state index contributed by atoms with van der Waals surface area (Å²) in [7, 11) is 0. The molecule has 2 heterocycles. The fourth-order valence-electron chi connectivity index (χ4n) is 3.46. The van der Waals surface area contributed by atoms with Crippen LogP contribution in [0.4, 0.5) is 24.7 Å². The van der Waals surface area contributed by atoms with E-state index in [1.807, 2.05) is 6.07 Å². The van der Waals surface area contributed by atoms with Crippen molar-refractivity contribution in [3.8, 4) is 22.5 Å². The van der Waals surface area contributed by atoms with Crippen LogP contribution in [0, 0.1) is 17.5 Å². The second kappa shape index (κ2) is 8.52. The zero-order chi connectivity index (χ0) is 22.9. The Morgan fingerprint density at radius 1 is 0.758 bits per heavy atom. The molecule has 0 atom stereocenters. The van der Waals surface area contributed by atoms with E-state index in [1.54, 1.807) is 42.7 Å². The molecule has 1 N–H and O–H groups in total. The maximum absolute atomic E-state index is 13.8. The Labute approximate surface area is 191 Å². The smallest absolute Gasteiger partial charge is 0.163 e. The van der Waals surface area contributed by atoms with Crippen LogP contribution in [0.3, 0.4) is 0 Å². The van der Waals surface area contributed by atoms with Crippen molar-refractivity contribution in [1.29, 1.82) is 0 Å². The monoisotopic (exact) mass is 462 g/mol. The van der Waals surface area contributed by atoms with Crippen LogP contribution in [-0.2, 0) is 0 Å². The van der Waals surface area contributed by atoms with Crippen molar-refractivity contribution >= 4 is 34.0 Å². The van der Waals surface area contributed by atoms with Crippen LogP contribution >= 0.6 is 11.6 Å². The standard InChI is InChI=1S/C25H14ClF3N4/c26-21-12-19(4-6-22(21)29)31-25-20-5-3-14(16-8-17(27)11-18(28)9-16)10-23(20)32-24(33-25)15-2-1-7-30-13-15/h1-13H,(H,31,32,33). The highest BCUT2D eigenvalue weighted by molar-refractivity contribution is 6.31. The lowest BCUT2D eigenvalue weighted by atomic mass is 10.0. The maximum Gasteiger partial charge on any atom is 0.163 e. The quantitative estimate of drug-likeness (QED) is 0.307. The van der Waals surface area contributed by atoms with E-state index in [9.17, 15) is 13.2 Å². The minimum atomic E-state index is -0.667. The van der Waals surface area contributed by atoms with Gasteiger partial charge in [-0.25, -0.2) is 23.1 Å². The first-order valence-electron chi connectivity index (χ1n) is 9.87. The highest BCUT2D eigenvalue weighted by Gasteiger charge is 2.13. The topological polar surface area (TPSA) is 50.7 Å². The summed E-state index contributed by atoms with van der Waals surface area (Å²) in [5, 5.41) is 3.79. The van der Waals surface area contributed by atoms with Gasteiger partial charge in [0.25, 0.3) is 0 Å². The summed E-state index contributed by atoms with van der Waals surface area (Å²) in [6.45, 7) is 0. The molecule has 162 valence electrons. The van der Waals surface area contributed by atoms with E-state index in [1.165, 1.54) is 24.3 Å². The van der Waals surface area contributed by atoms with Gasteiger partial charge >= 0.3 is 0 Å². The van der Waals surface area contributed by atoms with Gasteiger partial charge in [0.05, 0.1) is 10.5 Å². The number of nitrogens with zero attached hydrogens (tertiary/aromatic N) is 3. The van der Waals surface area contributed by atoms with Crippen LogP contribution < -0.4 is 5.32 Å². The molecule has 4 nitrogen and oxygen atoms in total. The van der Waals surface area contributed by atoms with Crippen molar-refractivity contribution in [2.24, 2.45) is 0 Å². The fourth-order valence-corrected chi connectivity index (χ4v) is 3.64. The summed E-state index contributed by atoms with van der Waals surface area (Å²) in [4.78, 5) is 13.4. The summed E-state index contributed by atoms with van der Waals surface area (Å²) in [5.74, 6) is -1.01. The number of rotatable bonds is 4. The van der Waals surface area contributed by atoms with E-state index >= 15 is 0 Å². The minimum Gasteiger partial charge on any atom is -0.340 e. The number of hydrogen-bond donors (Lipinski definition) is 1. The second-order valence-corrected chi connectivity index (χ2v) is 7.69. The Morgan fingerprint density at radius 3 is 2.30 bits per heavy atom. The Balaban J connectivity index is 1.68. The third-order valence-corrected chi connectivity index (χ3v) is 5.28. The molecule has 5 rings (SSSR count). The Kier molecular flexibility index (Phi) is 5.40. The van der Waals surface area contributed by atoms with E-state index < -0.39 is 17.5 Å². The van der Waals surface area contributed by atoms with Crippen LogP contribution in [0.5, 0.6) is 0 Å². The number of aromatic nitrogens is 3. The minimum absolute atomic E-state index is 0.0266. The number of hydrogen-bond acceptors (Lipinski definition) is 4. The van der Waals surface area contributed by atoms with E-state index in [-0.39, 0.29) is 5.02 Å². The number of pyridine rings is 1. The first-order valence-corrected chi connectivity index (χ1v) is 10.2. The lowest BCUT2D eigenvalue weighted by Gasteiger charge is -2.13. The van der Waals surface area contributed by atoms with Gasteiger partial charge in [0, 0.05) is 35.1 Å². The van der Waals surface area contributed by atoms with Gasteiger partial charge in [-0.05, 0) is 65.7 Å². The maximum atomic E-state index is 13.8. The van der Waals surface area contributed by atoms with E-state index in [0.717, 1.165) is 6.07 Å². The van der Waals surface area contributed by atoms with Gasteiger partial charge in [0.2, 0.25) is 0 Å². The molecule has 3 aromatic carbocycles. The molecule has 0 spiro atoms. The van der Waals surface area contributed by atoms with Gasteiger partial charge in [-0.1, -0.05) is 17.7 Å². The zero-order valence-electron chi connectivity index (χ0n) is 16.9. The Hall–Kier alpha value is -3.97. The average molecular weight is 463 g/mol. The molecule has 2 aromatic heterocycles. The summed E-state index contributed by atoms with van der Waals surface area (Å²) >= 11 is 5.92. The van der Waals surface area contributed by atoms with Crippen molar-refractivity contribution in [3.63, 3.8) is 0 Å². The molecule has 0 saturated heterocycles. The highest BCUT2D eigenvalue weighted by Crippen LogP contribution is 2.32. The first-order chi connectivity index (χ1) is 16.0. The van der Waals surface area contributed by atoms with Gasteiger partial charge in [0.1, 0.15) is 23.3 Å². The SMILES string of the molecule is Fc1cc(F)cc(-c2ccc3c(Nc4ccc(F)c(Cl)c4)nc(-c4cccnc4)nc3c2)c1. The predicted octanol–water partition coefficient (Wildman–Crippen LogP) is 7.17. The molecule has 0 saturated carbocycles. The van der Waals surface area contributed by atoms with Gasteiger partial charge < -0.3 is 5.32 Å². The second-order valence-electron chi connectivity index (χ2n) is 7.28. The molecule has 0 aliphatic carbocycles. The number of nitrogens with one attached hydrogen (secondary N) is 1. The molecule has 0 unspecified atom stereocenters. The third kappa shape index (κ3) is 4.36. The molecular formula is C25H14ClF3N4. The van der Waals surface area contributed by atoms with Gasteiger partial charge in [-0.2, -0.15) is 0 Å². The van der Waals surface area contributed by atoms with Crippen molar-refractivity contribution in [2.45, 2.75) is 0 Å². The van der Waals surface area contributed by atoms with Crippen LogP contribution in [0.25, 0.3) is 33.4 Å². The molecule has 0 aliphatic rings. The predicted molar refractivity (Wildman–Crippen MR) is 123 cm³/mol. The van der Waals surface area contributed by atoms with Crippen LogP contribution in [0.1, 0.15) is 0 Å². The molecule has 0 fully saturated rings. The number of benzene rings is 3. The largest absolute Gasteiger partial charge is 0.340 e. The van der Waals surface area contributed by atoms with Gasteiger partial charge in [0.15, 0.2) is 5.82 Å². The number of halogens is 4. The Morgan fingerprint density at radius 2 is 1.58 bits per heavy atom. The lowest BCUT2D eigenvalue weighted by Crippen LogP contribution is -2.00. The van der Waals surface area contributed by atoms with Crippen LogP contribution in [0.15, 0.2) is 79.1 Å². The van der Waals surface area contributed by atoms with E-state index in [2.05, 4.69) is 20.3 Å². The van der Waals surface area contributed by atoms with Gasteiger partial charge in [-0.15, -0.1) is 0 Å². The average Bonchev–Trinajstić information content (AvgIpc) is 2.81. The molecule has 5 aromatic rings. The summed E-state index contributed by atoms with van der Waals surface area (Å²) in [6, 6.07) is 16.4. The first kappa shape index (κ1) is 20.9. The summed E-state index contributed by atoms with van der Waals surface area (Å²) < 4.78 is 41.1. The van der Waals surface area contributed by atoms with Gasteiger partial charge in [-0.3, -0.25) is 4.98 Å². The van der Waals surface area contributed by atoms with Crippen molar-refractivity contribution in [2.75, 3.05) is 5.32 Å². The molecule has 8 heteroatoms. The number of fused-ring (bicyclic) bond motifs is 1. The molecule has 0 aliphatic heterocycles. The Bertz CT molecular complexity index is 1470. The molecule has 0 radical (unpaired) electrons. The normalized spacial score (nSPS) is 11.0. The third-order valence-electron chi connectivity index (χ3n) is 4.99. The van der Waals surface area contributed by atoms with Crippen molar-refractivity contribution in [1.82, 2.24) is 15.0 Å². The van der Waals surface area contributed by atoms with Crippen LogP contribution in [0.2, 0.25) is 5.02 Å². The zero-order valence-corrected chi connectivity index (χ0v) is 17.6. The van der Waals surface area contributed by atoms with Crippen molar-refractivity contribution in [3.05, 3.63) is 102 Å². The lowest BCUT2D eigenvalue weighted by molar-refractivity contribution is 0.584. The summed E-state index contributed by atoms with van der Waals surface area (Å²) in [5.41, 5.74) is 2.74. The highest BCUT2D eigenvalue weighted by atomic mass is 35.5. The number of anilines is 2. The van der Waals surface area contributed by atoms with E-state index in [4.69, 9.17) is 11.6 Å². The molecule has 0 amide bonds.